The number of hydrogen-bond donors (Lipinski definition) is 0. The molecule has 0 bridgehead atoms. The molecule has 0 aromatic carbocycles. The van der Waals surface area contributed by atoms with E-state index >= 15 is 0 Å². The van der Waals surface area contributed by atoms with E-state index in [0.717, 1.165) is 30.3 Å². The van der Waals surface area contributed by atoms with Crippen molar-refractivity contribution in [1.29, 1.82) is 0 Å². The van der Waals surface area contributed by atoms with Crippen LogP contribution in [0.2, 0.25) is 0 Å². The number of rotatable bonds is 7. The number of likely N-dealkylation sites (N-methyl/N-ethyl adjacent to an activating group) is 1. The number of amides is 1. The second-order valence-corrected chi connectivity index (χ2v) is 9.73. The quantitative estimate of drug-likeness (QED) is 0.691. The molecule has 152 valence electrons. The molecule has 1 amide bonds. The van der Waals surface area contributed by atoms with Gasteiger partial charge < -0.3 is 4.90 Å². The van der Waals surface area contributed by atoms with Crippen molar-refractivity contribution in [1.82, 2.24) is 19.4 Å². The third-order valence-electron chi connectivity index (χ3n) is 5.38. The highest BCUT2D eigenvalue weighted by Crippen LogP contribution is 2.29. The predicted octanol–water partition coefficient (Wildman–Crippen LogP) is 1.67. The molecule has 7 nitrogen and oxygen atoms in total. The van der Waals surface area contributed by atoms with E-state index in [9.17, 15) is 22.0 Å². The first kappa shape index (κ1) is 20.2. The van der Waals surface area contributed by atoms with Crippen LogP contribution in [0, 0.1) is 0 Å². The van der Waals surface area contributed by atoms with Gasteiger partial charge in [0.1, 0.15) is 5.82 Å². The zero-order valence-corrected chi connectivity index (χ0v) is 16.2. The molecule has 27 heavy (non-hydrogen) atoms. The molecule has 1 aliphatic heterocycles. The van der Waals surface area contributed by atoms with Gasteiger partial charge in [0.15, 0.2) is 9.84 Å². The molecule has 1 saturated carbocycles. The number of imidazole rings is 1. The molecule has 1 aromatic heterocycles. The van der Waals surface area contributed by atoms with Crippen molar-refractivity contribution in [3.05, 3.63) is 18.2 Å². The Balaban J connectivity index is 1.67. The van der Waals surface area contributed by atoms with Crippen molar-refractivity contribution < 1.29 is 22.0 Å². The summed E-state index contributed by atoms with van der Waals surface area (Å²) in [6, 6.07) is -0.200. The molecule has 1 unspecified atom stereocenters. The lowest BCUT2D eigenvalue weighted by molar-refractivity contribution is -0.136. The van der Waals surface area contributed by atoms with Gasteiger partial charge in [0, 0.05) is 24.5 Å². The van der Waals surface area contributed by atoms with Gasteiger partial charge in [0.25, 0.3) is 0 Å². The smallest absolute Gasteiger partial charge is 0.319 e. The van der Waals surface area contributed by atoms with Crippen LogP contribution in [-0.2, 0) is 21.2 Å². The minimum absolute atomic E-state index is 0.0226. The van der Waals surface area contributed by atoms with Crippen LogP contribution in [0.4, 0.5) is 8.78 Å². The summed E-state index contributed by atoms with van der Waals surface area (Å²) in [5.74, 6) is 0.197. The zero-order valence-electron chi connectivity index (χ0n) is 15.4. The van der Waals surface area contributed by atoms with Crippen LogP contribution in [0.15, 0.2) is 12.4 Å². The van der Waals surface area contributed by atoms with Gasteiger partial charge in [-0.25, -0.2) is 13.4 Å². The van der Waals surface area contributed by atoms with Crippen LogP contribution in [-0.4, -0.2) is 70.9 Å². The molecule has 1 aliphatic carbocycles. The molecular weight excluding hydrogens is 378 g/mol. The summed E-state index contributed by atoms with van der Waals surface area (Å²) in [6.07, 6.45) is 6.86. The van der Waals surface area contributed by atoms with E-state index in [1.165, 1.54) is 12.4 Å². The number of carbonyl (C=O) groups is 1. The van der Waals surface area contributed by atoms with Gasteiger partial charge in [-0.1, -0.05) is 12.8 Å². The average Bonchev–Trinajstić information content (AvgIpc) is 3.29. The maximum absolute atomic E-state index is 13.0. The van der Waals surface area contributed by atoms with Gasteiger partial charge in [-0.2, -0.15) is 8.78 Å². The Bertz CT molecular complexity index is 762. The summed E-state index contributed by atoms with van der Waals surface area (Å²) in [5, 5.41) is 0. The zero-order chi connectivity index (χ0) is 19.6. The number of aromatic nitrogens is 2. The number of carbonyl (C=O) groups excluding carboxylic acids is 1. The fourth-order valence-electron chi connectivity index (χ4n) is 4.14. The van der Waals surface area contributed by atoms with Crippen molar-refractivity contribution in [3.8, 4) is 0 Å². The van der Waals surface area contributed by atoms with Gasteiger partial charge >= 0.3 is 6.55 Å². The fourth-order valence-corrected chi connectivity index (χ4v) is 5.85. The molecule has 2 aliphatic rings. The SMILES string of the molecule is CN(CC(=O)N(C1CCCC1)C1CCS(=O)(=O)C1)Cc1nccn1C(F)F. The molecule has 1 atom stereocenters. The van der Waals surface area contributed by atoms with Crippen LogP contribution >= 0.6 is 0 Å². The Morgan fingerprint density at radius 3 is 2.59 bits per heavy atom. The predicted molar refractivity (Wildman–Crippen MR) is 96.0 cm³/mol. The van der Waals surface area contributed by atoms with Crippen molar-refractivity contribution >= 4 is 15.7 Å². The highest BCUT2D eigenvalue weighted by atomic mass is 32.2. The summed E-state index contributed by atoms with van der Waals surface area (Å²) in [6.45, 7) is -2.52. The first-order valence-corrected chi connectivity index (χ1v) is 11.1. The minimum Gasteiger partial charge on any atom is -0.335 e. The molecule has 0 radical (unpaired) electrons. The van der Waals surface area contributed by atoms with Crippen molar-refractivity contribution in [2.45, 2.75) is 57.3 Å². The van der Waals surface area contributed by atoms with E-state index in [0.29, 0.717) is 6.42 Å². The summed E-state index contributed by atoms with van der Waals surface area (Å²) >= 11 is 0. The summed E-state index contributed by atoms with van der Waals surface area (Å²) in [4.78, 5) is 20.4. The van der Waals surface area contributed by atoms with E-state index in [1.54, 1.807) is 16.8 Å². The van der Waals surface area contributed by atoms with Crippen molar-refractivity contribution in [2.75, 3.05) is 25.1 Å². The van der Waals surface area contributed by atoms with Crippen molar-refractivity contribution in [2.24, 2.45) is 0 Å². The molecule has 3 rings (SSSR count). The molecule has 2 fully saturated rings. The number of hydrogen-bond acceptors (Lipinski definition) is 5. The van der Waals surface area contributed by atoms with Crippen LogP contribution in [0.3, 0.4) is 0 Å². The lowest BCUT2D eigenvalue weighted by atomic mass is 10.1. The summed E-state index contributed by atoms with van der Waals surface area (Å²) in [5.41, 5.74) is 0. The van der Waals surface area contributed by atoms with Gasteiger partial charge in [-0.05, 0) is 26.3 Å². The molecular formula is C17H26F2N4O3S. The highest BCUT2D eigenvalue weighted by Gasteiger charge is 2.39. The Hall–Kier alpha value is -1.55. The lowest BCUT2D eigenvalue weighted by Gasteiger charge is -2.35. The lowest BCUT2D eigenvalue weighted by Crippen LogP contribution is -2.50. The van der Waals surface area contributed by atoms with Gasteiger partial charge in [-0.15, -0.1) is 0 Å². The highest BCUT2D eigenvalue weighted by molar-refractivity contribution is 7.91. The molecule has 2 heterocycles. The Labute approximate surface area is 158 Å². The molecule has 1 aromatic rings. The monoisotopic (exact) mass is 404 g/mol. The van der Waals surface area contributed by atoms with E-state index in [1.807, 2.05) is 0 Å². The van der Waals surface area contributed by atoms with Gasteiger partial charge in [0.05, 0.1) is 24.6 Å². The van der Waals surface area contributed by atoms with E-state index in [4.69, 9.17) is 0 Å². The van der Waals surface area contributed by atoms with Gasteiger partial charge in [-0.3, -0.25) is 14.3 Å². The first-order chi connectivity index (χ1) is 12.8. The summed E-state index contributed by atoms with van der Waals surface area (Å²) < 4.78 is 50.5. The molecule has 0 N–H and O–H groups in total. The largest absolute Gasteiger partial charge is 0.335 e. The Kier molecular flexibility index (Phi) is 6.15. The number of alkyl halides is 2. The maximum atomic E-state index is 13.0. The van der Waals surface area contributed by atoms with Crippen LogP contribution < -0.4 is 0 Å². The Morgan fingerprint density at radius 2 is 2.00 bits per heavy atom. The topological polar surface area (TPSA) is 75.5 Å². The maximum Gasteiger partial charge on any atom is 0.319 e. The van der Waals surface area contributed by atoms with Crippen LogP contribution in [0.5, 0.6) is 0 Å². The number of sulfone groups is 1. The third kappa shape index (κ3) is 4.84. The van der Waals surface area contributed by atoms with Crippen LogP contribution in [0.1, 0.15) is 44.5 Å². The molecule has 10 heteroatoms. The van der Waals surface area contributed by atoms with E-state index < -0.39 is 16.4 Å². The fraction of sp³-hybridized carbons (Fsp3) is 0.765. The molecule has 0 spiro atoms. The third-order valence-corrected chi connectivity index (χ3v) is 7.13. The standard InChI is InChI=1S/C17H26F2N4O3S/c1-21(10-15-20-7-8-22(15)17(18)19)11-16(24)23(13-4-2-3-5-13)14-6-9-27(25,26)12-14/h7-8,13-14,17H,2-6,9-12H2,1H3. The van der Waals surface area contributed by atoms with Crippen molar-refractivity contribution in [3.63, 3.8) is 0 Å². The second-order valence-electron chi connectivity index (χ2n) is 7.50. The first-order valence-electron chi connectivity index (χ1n) is 9.27. The average molecular weight is 404 g/mol. The minimum atomic E-state index is -3.09. The normalized spacial score (nSPS) is 22.8. The van der Waals surface area contributed by atoms with E-state index in [-0.39, 0.29) is 48.4 Å². The van der Waals surface area contributed by atoms with Gasteiger partial charge in [0.2, 0.25) is 5.91 Å². The second kappa shape index (κ2) is 8.22. The summed E-state index contributed by atoms with van der Waals surface area (Å²) in [7, 11) is -1.41. The Morgan fingerprint density at radius 1 is 1.30 bits per heavy atom. The van der Waals surface area contributed by atoms with Crippen LogP contribution in [0.25, 0.3) is 0 Å². The van der Waals surface area contributed by atoms with E-state index in [2.05, 4.69) is 4.98 Å². The molecule has 1 saturated heterocycles. The number of nitrogens with zero attached hydrogens (tertiary/aromatic N) is 4. The number of halogens is 2.